The van der Waals surface area contributed by atoms with E-state index in [0.29, 0.717) is 0 Å². The lowest BCUT2D eigenvalue weighted by atomic mass is 9.45. The first kappa shape index (κ1) is 14.8. The Labute approximate surface area is 122 Å². The van der Waals surface area contributed by atoms with Crippen LogP contribution in [0.25, 0.3) is 0 Å². The van der Waals surface area contributed by atoms with Crippen molar-refractivity contribution in [1.82, 2.24) is 4.90 Å². The molecule has 1 N–H and O–H groups in total. The molecule has 0 aromatic heterocycles. The lowest BCUT2D eigenvalue weighted by Gasteiger charge is -2.61. The lowest BCUT2D eigenvalue weighted by molar-refractivity contribution is 0.0538. The van der Waals surface area contributed by atoms with E-state index in [1.54, 1.807) is 12.4 Å². The van der Waals surface area contributed by atoms with Crippen molar-refractivity contribution >= 4 is 12.4 Å². The smallest absolute Gasteiger partial charge is 0.0524 e. The van der Waals surface area contributed by atoms with Gasteiger partial charge in [0, 0.05) is 47.9 Å². The second-order valence-corrected chi connectivity index (χ2v) is 6.49. The molecule has 1 aliphatic heterocycles. The minimum absolute atomic E-state index is 0.116. The minimum Gasteiger partial charge on any atom is -0.348 e. The van der Waals surface area contributed by atoms with Crippen LogP contribution in [0, 0.1) is 21.7 Å². The Balaban J connectivity index is 2.60. The number of allylic oxidation sites excluding steroid dienone is 3. The number of aliphatic imine (C=N–C) groups is 1. The van der Waals surface area contributed by atoms with Crippen LogP contribution < -0.4 is 0 Å². The van der Waals surface area contributed by atoms with Gasteiger partial charge in [-0.3, -0.25) is 4.99 Å². The molecule has 108 valence electrons. The normalized spacial score (nSPS) is 37.0. The van der Waals surface area contributed by atoms with Crippen molar-refractivity contribution in [2.75, 3.05) is 7.05 Å². The highest BCUT2D eigenvalue weighted by atomic mass is 15.2. The van der Waals surface area contributed by atoms with E-state index in [1.807, 2.05) is 19.3 Å². The topological polar surface area (TPSA) is 39.5 Å². The number of rotatable bonds is 3. The Morgan fingerprint density at radius 3 is 2.70 bits per heavy atom. The monoisotopic (exact) mass is 271 g/mol. The molecule has 0 amide bonds. The van der Waals surface area contributed by atoms with Crippen molar-refractivity contribution in [3.8, 4) is 0 Å². The summed E-state index contributed by atoms with van der Waals surface area (Å²) in [6.45, 7) is 12.8. The molecule has 0 bridgehead atoms. The van der Waals surface area contributed by atoms with Gasteiger partial charge in [-0.05, 0) is 19.4 Å². The van der Waals surface area contributed by atoms with Gasteiger partial charge < -0.3 is 10.3 Å². The highest BCUT2D eigenvalue weighted by Gasteiger charge is 2.61. The maximum atomic E-state index is 7.89. The Kier molecular flexibility index (Phi) is 3.28. The van der Waals surface area contributed by atoms with E-state index in [0.717, 1.165) is 12.1 Å². The van der Waals surface area contributed by atoms with Gasteiger partial charge in [-0.1, -0.05) is 33.4 Å². The summed E-state index contributed by atoms with van der Waals surface area (Å²) in [4.78, 5) is 6.57. The molecule has 0 saturated carbocycles. The van der Waals surface area contributed by atoms with Crippen LogP contribution in [0.15, 0.2) is 41.3 Å². The van der Waals surface area contributed by atoms with Gasteiger partial charge in [0.1, 0.15) is 0 Å². The fourth-order valence-corrected chi connectivity index (χ4v) is 3.37. The van der Waals surface area contributed by atoms with Crippen LogP contribution in [0.2, 0.25) is 0 Å². The first-order valence-corrected chi connectivity index (χ1v) is 7.14. The molecule has 20 heavy (non-hydrogen) atoms. The Hall–Kier alpha value is -1.64. The van der Waals surface area contributed by atoms with E-state index in [1.165, 1.54) is 5.70 Å². The zero-order valence-electron chi connectivity index (χ0n) is 13.2. The summed E-state index contributed by atoms with van der Waals surface area (Å²) in [5.41, 5.74) is 1.68. The van der Waals surface area contributed by atoms with Crippen LogP contribution in [0.3, 0.4) is 0 Å². The zero-order valence-corrected chi connectivity index (χ0v) is 13.2. The second-order valence-electron chi connectivity index (χ2n) is 6.49. The summed E-state index contributed by atoms with van der Waals surface area (Å²) >= 11 is 0. The van der Waals surface area contributed by atoms with Crippen molar-refractivity contribution in [3.63, 3.8) is 0 Å². The highest BCUT2D eigenvalue weighted by molar-refractivity contribution is 5.80. The van der Waals surface area contributed by atoms with Crippen molar-refractivity contribution in [3.05, 3.63) is 36.3 Å². The maximum absolute atomic E-state index is 7.89. The molecule has 3 nitrogen and oxygen atoms in total. The molecule has 0 saturated heterocycles. The molecule has 2 aliphatic rings. The number of hydrogen-bond acceptors (Lipinski definition) is 3. The van der Waals surface area contributed by atoms with E-state index in [2.05, 4.69) is 50.2 Å². The molecule has 2 rings (SSSR count). The first-order chi connectivity index (χ1) is 9.25. The standard InChI is InChI=1S/C17H25N3/c1-7-15(3,11-18)17(5)10-14-16(17,4)12-19-9-8-13(2)20(14)6/h8-12,18H,2,7H2,1,3-6H3/b9-8-,18-11?,19-12?/t15?,16-,17-/m0/s1. The number of nitrogens with one attached hydrogen (secondary N) is 1. The van der Waals surface area contributed by atoms with Crippen molar-refractivity contribution < 1.29 is 0 Å². The van der Waals surface area contributed by atoms with Crippen LogP contribution in [-0.4, -0.2) is 24.4 Å². The molecular formula is C17H25N3. The molecule has 1 heterocycles. The number of likely N-dealkylation sites (N-methyl/N-ethyl adjacent to an activating group) is 1. The largest absolute Gasteiger partial charge is 0.348 e. The number of nitrogens with zero attached hydrogens (tertiary/aromatic N) is 2. The minimum atomic E-state index is -0.183. The lowest BCUT2D eigenvalue weighted by Crippen LogP contribution is -2.59. The third-order valence-corrected chi connectivity index (χ3v) is 5.75. The molecule has 0 aromatic rings. The molecular weight excluding hydrogens is 246 g/mol. The molecule has 0 aromatic carbocycles. The van der Waals surface area contributed by atoms with Gasteiger partial charge >= 0.3 is 0 Å². The summed E-state index contributed by atoms with van der Waals surface area (Å²) in [7, 11) is 2.04. The quantitative estimate of drug-likeness (QED) is 0.774. The van der Waals surface area contributed by atoms with Gasteiger partial charge in [-0.25, -0.2) is 0 Å². The van der Waals surface area contributed by atoms with Gasteiger partial charge in [-0.2, -0.15) is 0 Å². The summed E-state index contributed by atoms with van der Waals surface area (Å²) in [5, 5.41) is 7.89. The van der Waals surface area contributed by atoms with Crippen LogP contribution in [0.4, 0.5) is 0 Å². The summed E-state index contributed by atoms with van der Waals surface area (Å²) in [6, 6.07) is 0. The molecule has 0 radical (unpaired) electrons. The maximum Gasteiger partial charge on any atom is 0.0524 e. The van der Waals surface area contributed by atoms with E-state index in [-0.39, 0.29) is 16.2 Å². The average Bonchev–Trinajstić information content (AvgIpc) is 2.45. The van der Waals surface area contributed by atoms with Gasteiger partial charge in [0.15, 0.2) is 0 Å². The SMILES string of the molecule is C=C1/C=C\N=C[C@@]2(C)C(=C[C@@]2(C)C(C)(C=N)CC)N1C. The van der Waals surface area contributed by atoms with Gasteiger partial charge in [-0.15, -0.1) is 0 Å². The van der Waals surface area contributed by atoms with Crippen LogP contribution >= 0.6 is 0 Å². The predicted molar refractivity (Wildman–Crippen MR) is 86.0 cm³/mol. The Bertz CT molecular complexity index is 542. The van der Waals surface area contributed by atoms with E-state index in [9.17, 15) is 0 Å². The van der Waals surface area contributed by atoms with Crippen molar-refractivity contribution in [2.45, 2.75) is 34.1 Å². The van der Waals surface area contributed by atoms with E-state index < -0.39 is 0 Å². The molecule has 3 heteroatoms. The molecule has 3 atom stereocenters. The average molecular weight is 271 g/mol. The third kappa shape index (κ3) is 1.58. The van der Waals surface area contributed by atoms with Gasteiger partial charge in [0.25, 0.3) is 0 Å². The van der Waals surface area contributed by atoms with Crippen LogP contribution in [-0.2, 0) is 0 Å². The molecule has 0 fully saturated rings. The van der Waals surface area contributed by atoms with Gasteiger partial charge in [0.2, 0.25) is 0 Å². The Morgan fingerprint density at radius 2 is 2.15 bits per heavy atom. The second kappa shape index (κ2) is 4.44. The molecule has 1 aliphatic carbocycles. The number of hydrogen-bond donors (Lipinski definition) is 1. The van der Waals surface area contributed by atoms with E-state index >= 15 is 0 Å². The van der Waals surface area contributed by atoms with E-state index in [4.69, 9.17) is 5.41 Å². The fraction of sp³-hybridized carbons (Fsp3) is 0.529. The highest BCUT2D eigenvalue weighted by Crippen LogP contribution is 2.64. The third-order valence-electron chi connectivity index (χ3n) is 5.75. The van der Waals surface area contributed by atoms with Crippen molar-refractivity contribution in [1.29, 1.82) is 5.41 Å². The van der Waals surface area contributed by atoms with Crippen LogP contribution in [0.5, 0.6) is 0 Å². The fourth-order valence-electron chi connectivity index (χ4n) is 3.37. The van der Waals surface area contributed by atoms with Crippen LogP contribution in [0.1, 0.15) is 34.1 Å². The Morgan fingerprint density at radius 1 is 1.50 bits per heavy atom. The predicted octanol–water partition coefficient (Wildman–Crippen LogP) is 4.01. The summed E-state index contributed by atoms with van der Waals surface area (Å²) in [5.74, 6) is 0. The molecule has 1 unspecified atom stereocenters. The zero-order chi connectivity index (χ0) is 15.2. The first-order valence-electron chi connectivity index (χ1n) is 7.14. The summed E-state index contributed by atoms with van der Waals surface area (Å²) in [6.07, 6.45) is 10.6. The number of fused-ring (bicyclic) bond motifs is 1. The molecule has 0 spiro atoms. The van der Waals surface area contributed by atoms with Crippen molar-refractivity contribution in [2.24, 2.45) is 21.2 Å². The summed E-state index contributed by atoms with van der Waals surface area (Å²) < 4.78 is 0. The van der Waals surface area contributed by atoms with Gasteiger partial charge in [0.05, 0.1) is 5.41 Å².